The van der Waals surface area contributed by atoms with E-state index in [1.807, 2.05) is 10.9 Å². The first-order valence-electron chi connectivity index (χ1n) is 10.9. The van der Waals surface area contributed by atoms with Crippen molar-refractivity contribution in [3.05, 3.63) is 47.9 Å². The van der Waals surface area contributed by atoms with E-state index in [1.165, 1.54) is 12.1 Å². The van der Waals surface area contributed by atoms with E-state index in [2.05, 4.69) is 10.4 Å². The quantitative estimate of drug-likeness (QED) is 0.383. The van der Waals surface area contributed by atoms with Crippen LogP contribution in [0.2, 0.25) is 0 Å². The Morgan fingerprint density at radius 3 is 2.70 bits per heavy atom. The van der Waals surface area contributed by atoms with E-state index in [9.17, 15) is 23.9 Å². The summed E-state index contributed by atoms with van der Waals surface area (Å²) in [5.74, 6) is -3.72. The van der Waals surface area contributed by atoms with Crippen LogP contribution in [0.1, 0.15) is 61.8 Å². The Labute approximate surface area is 189 Å². The predicted molar refractivity (Wildman–Crippen MR) is 116 cm³/mol. The lowest BCUT2D eigenvalue weighted by Crippen LogP contribution is -2.46. The standard InChI is InChI=1S/C23H26F2N4O4/c1-3-33-20-12-17-14(13-28(27-17)15-7-9-16(30)10-8-15)11-18(20)26-22(31)19-5-4-6-21(29(19)32)23(2,24)25/h4-6,11-13,15-16,30H,3,7-10H2,1-2H3,(H-,26,31,32)/p+1/t15-,16-. The van der Waals surface area contributed by atoms with Gasteiger partial charge in [0.2, 0.25) is 0 Å². The summed E-state index contributed by atoms with van der Waals surface area (Å²) in [5, 5.41) is 28.0. The topological polar surface area (TPSA) is 100 Å². The van der Waals surface area contributed by atoms with E-state index in [4.69, 9.17) is 4.74 Å². The lowest BCUT2D eigenvalue weighted by atomic mass is 9.93. The molecule has 0 aliphatic heterocycles. The highest BCUT2D eigenvalue weighted by molar-refractivity contribution is 6.04. The summed E-state index contributed by atoms with van der Waals surface area (Å²) < 4.78 is 35.2. The van der Waals surface area contributed by atoms with E-state index in [1.54, 1.807) is 19.1 Å². The smallest absolute Gasteiger partial charge is 0.332 e. The number of hydrogen-bond acceptors (Lipinski definition) is 5. The second-order valence-corrected chi connectivity index (χ2v) is 8.36. The number of anilines is 1. The van der Waals surface area contributed by atoms with Crippen LogP contribution in [0.15, 0.2) is 36.5 Å². The summed E-state index contributed by atoms with van der Waals surface area (Å²) in [4.78, 5) is 12.9. The molecule has 0 atom stereocenters. The van der Waals surface area contributed by atoms with Crippen LogP contribution in [0, 0.1) is 0 Å². The van der Waals surface area contributed by atoms with Gasteiger partial charge in [0.25, 0.3) is 0 Å². The molecule has 1 aromatic carbocycles. The molecule has 1 fully saturated rings. The van der Waals surface area contributed by atoms with Crippen molar-refractivity contribution in [2.75, 3.05) is 11.9 Å². The fraction of sp³-hybridized carbons (Fsp3) is 0.435. The van der Waals surface area contributed by atoms with Crippen LogP contribution >= 0.6 is 0 Å². The lowest BCUT2D eigenvalue weighted by molar-refractivity contribution is -0.914. The number of nitrogens with zero attached hydrogens (tertiary/aromatic N) is 3. The van der Waals surface area contributed by atoms with E-state index in [0.29, 0.717) is 30.5 Å². The van der Waals surface area contributed by atoms with Gasteiger partial charge in [-0.25, -0.2) is 0 Å². The number of ether oxygens (including phenoxy) is 1. The maximum absolute atomic E-state index is 13.7. The monoisotopic (exact) mass is 461 g/mol. The minimum atomic E-state index is -3.33. The number of aliphatic hydroxyl groups excluding tert-OH is 1. The van der Waals surface area contributed by atoms with Gasteiger partial charge in [-0.2, -0.15) is 13.9 Å². The largest absolute Gasteiger partial charge is 0.492 e. The molecule has 0 radical (unpaired) electrons. The van der Waals surface area contributed by atoms with Crippen molar-refractivity contribution in [1.82, 2.24) is 9.78 Å². The number of carbonyl (C=O) groups is 1. The number of halogens is 2. The summed E-state index contributed by atoms with van der Waals surface area (Å²) in [7, 11) is 0. The zero-order chi connectivity index (χ0) is 23.8. The normalized spacial score (nSPS) is 18.9. The second kappa shape index (κ2) is 8.93. The first-order chi connectivity index (χ1) is 15.7. The molecule has 1 aliphatic carbocycles. The van der Waals surface area contributed by atoms with Crippen LogP contribution in [0.4, 0.5) is 14.5 Å². The van der Waals surface area contributed by atoms with E-state index in [-0.39, 0.29) is 22.6 Å². The average molecular weight is 461 g/mol. The van der Waals surface area contributed by atoms with Gasteiger partial charge in [0, 0.05) is 41.4 Å². The van der Waals surface area contributed by atoms with Gasteiger partial charge in [-0.15, -0.1) is 0 Å². The molecule has 2 heterocycles. The van der Waals surface area contributed by atoms with Crippen molar-refractivity contribution in [1.29, 1.82) is 0 Å². The Morgan fingerprint density at radius 2 is 2.03 bits per heavy atom. The summed E-state index contributed by atoms with van der Waals surface area (Å²) in [5.41, 5.74) is -0.0171. The number of alkyl halides is 2. The zero-order valence-corrected chi connectivity index (χ0v) is 18.5. The Morgan fingerprint density at radius 1 is 1.30 bits per heavy atom. The fourth-order valence-corrected chi connectivity index (χ4v) is 4.15. The van der Waals surface area contributed by atoms with Crippen molar-refractivity contribution in [2.45, 2.75) is 57.6 Å². The molecule has 1 saturated carbocycles. The SMILES string of the molecule is CCOc1cc2nn([C@H]3CC[C@H](O)CC3)cc2cc1NC(=O)c1cccc(C(C)(F)F)[n+]1O. The second-order valence-electron chi connectivity index (χ2n) is 8.36. The molecule has 10 heteroatoms. The van der Waals surface area contributed by atoms with Crippen LogP contribution in [0.5, 0.6) is 5.75 Å². The van der Waals surface area contributed by atoms with Crippen LogP contribution in [-0.4, -0.2) is 38.7 Å². The third kappa shape index (κ3) is 4.75. The van der Waals surface area contributed by atoms with Gasteiger partial charge in [-0.1, -0.05) is 0 Å². The molecule has 3 N–H and O–H groups in total. The maximum atomic E-state index is 13.7. The van der Waals surface area contributed by atoms with Gasteiger partial charge in [0.05, 0.1) is 30.0 Å². The van der Waals surface area contributed by atoms with Gasteiger partial charge in [0.1, 0.15) is 5.75 Å². The minimum Gasteiger partial charge on any atom is -0.492 e. The Kier molecular flexibility index (Phi) is 6.20. The predicted octanol–water partition coefficient (Wildman–Crippen LogP) is 3.80. The average Bonchev–Trinajstić information content (AvgIpc) is 3.16. The molecular weight excluding hydrogens is 434 g/mol. The molecule has 0 bridgehead atoms. The van der Waals surface area contributed by atoms with E-state index >= 15 is 0 Å². The first kappa shape index (κ1) is 22.9. The molecule has 1 aliphatic rings. The molecule has 176 valence electrons. The number of aromatic nitrogens is 3. The number of amides is 1. The molecular formula is C23H27F2N4O4+. The van der Waals surface area contributed by atoms with Gasteiger partial charge < -0.3 is 15.2 Å². The van der Waals surface area contributed by atoms with Gasteiger partial charge in [0.15, 0.2) is 0 Å². The van der Waals surface area contributed by atoms with Crippen molar-refractivity contribution < 1.29 is 33.4 Å². The van der Waals surface area contributed by atoms with E-state index < -0.39 is 17.5 Å². The number of benzene rings is 1. The van der Waals surface area contributed by atoms with Crippen molar-refractivity contribution in [2.24, 2.45) is 0 Å². The molecule has 3 aromatic rings. The maximum Gasteiger partial charge on any atom is 0.332 e. The molecule has 0 unspecified atom stereocenters. The molecule has 33 heavy (non-hydrogen) atoms. The highest BCUT2D eigenvalue weighted by atomic mass is 19.3. The summed E-state index contributed by atoms with van der Waals surface area (Å²) in [6, 6.07) is 7.19. The molecule has 0 saturated heterocycles. The highest BCUT2D eigenvalue weighted by Gasteiger charge is 2.39. The van der Waals surface area contributed by atoms with Gasteiger partial charge in [-0.3, -0.25) is 14.7 Å². The Hall–Kier alpha value is -3.27. The first-order valence-corrected chi connectivity index (χ1v) is 10.9. The summed E-state index contributed by atoms with van der Waals surface area (Å²) in [6.45, 7) is 2.78. The number of rotatable bonds is 6. The molecule has 0 spiro atoms. The van der Waals surface area contributed by atoms with Crippen LogP contribution < -0.4 is 14.8 Å². The van der Waals surface area contributed by atoms with E-state index in [0.717, 1.165) is 37.1 Å². The van der Waals surface area contributed by atoms with Gasteiger partial charge >= 0.3 is 23.2 Å². The lowest BCUT2D eigenvalue weighted by Gasteiger charge is -2.25. The summed E-state index contributed by atoms with van der Waals surface area (Å²) in [6.07, 6.45) is 4.72. The minimum absolute atomic E-state index is 0.182. The number of carbonyl (C=O) groups excluding carboxylic acids is 1. The van der Waals surface area contributed by atoms with Crippen LogP contribution in [0.3, 0.4) is 0 Å². The highest BCUT2D eigenvalue weighted by Crippen LogP contribution is 2.34. The number of nitrogens with one attached hydrogen (secondary N) is 1. The molecule has 8 nitrogen and oxygen atoms in total. The summed E-state index contributed by atoms with van der Waals surface area (Å²) >= 11 is 0. The fourth-order valence-electron chi connectivity index (χ4n) is 4.15. The van der Waals surface area contributed by atoms with Crippen LogP contribution in [-0.2, 0) is 5.92 Å². The van der Waals surface area contributed by atoms with Crippen molar-refractivity contribution in [3.63, 3.8) is 0 Å². The molecule has 4 rings (SSSR count). The Balaban J connectivity index is 1.65. The van der Waals surface area contributed by atoms with Crippen molar-refractivity contribution >= 4 is 22.5 Å². The van der Waals surface area contributed by atoms with Gasteiger partial charge in [-0.05, 0) is 44.7 Å². The third-order valence-corrected chi connectivity index (χ3v) is 5.86. The number of fused-ring (bicyclic) bond motifs is 1. The Bertz CT molecular complexity index is 1170. The zero-order valence-electron chi connectivity index (χ0n) is 18.5. The van der Waals surface area contributed by atoms with Crippen LogP contribution in [0.25, 0.3) is 10.9 Å². The number of aliphatic hydroxyl groups is 1. The number of hydrogen-bond donors (Lipinski definition) is 3. The molecule has 1 amide bonds. The van der Waals surface area contributed by atoms with Crippen molar-refractivity contribution in [3.8, 4) is 5.75 Å². The third-order valence-electron chi connectivity index (χ3n) is 5.86. The molecule has 2 aromatic heterocycles. The number of pyridine rings is 1.